The minimum atomic E-state index is -0.104. The number of amides is 1. The van der Waals surface area contributed by atoms with Crippen molar-refractivity contribution >= 4 is 34.8 Å². The van der Waals surface area contributed by atoms with Crippen LogP contribution >= 0.6 is 23.2 Å². The molecule has 1 N–H and O–H groups in total. The van der Waals surface area contributed by atoms with Crippen LogP contribution in [0.2, 0.25) is 10.0 Å². The van der Waals surface area contributed by atoms with E-state index >= 15 is 0 Å². The van der Waals surface area contributed by atoms with Crippen LogP contribution in [-0.2, 0) is 17.8 Å². The van der Waals surface area contributed by atoms with Crippen LogP contribution in [0.5, 0.6) is 11.5 Å². The summed E-state index contributed by atoms with van der Waals surface area (Å²) in [6, 6.07) is 8.97. The molecule has 0 fully saturated rings. The zero-order chi connectivity index (χ0) is 18.7. The third-order valence-corrected chi connectivity index (χ3v) is 4.75. The van der Waals surface area contributed by atoms with E-state index in [9.17, 15) is 4.79 Å². The number of hydrogen-bond donors (Lipinski definition) is 1. The maximum absolute atomic E-state index is 12.4. The maximum atomic E-state index is 12.4. The highest BCUT2D eigenvalue weighted by molar-refractivity contribution is 6.35. The van der Waals surface area contributed by atoms with E-state index < -0.39 is 0 Å². The van der Waals surface area contributed by atoms with Gasteiger partial charge in [0.05, 0.1) is 20.8 Å². The summed E-state index contributed by atoms with van der Waals surface area (Å²) in [5.74, 6) is 1.33. The van der Waals surface area contributed by atoms with Gasteiger partial charge >= 0.3 is 0 Å². The molecule has 0 saturated heterocycles. The molecule has 1 heterocycles. The first-order chi connectivity index (χ1) is 12.5. The highest BCUT2D eigenvalue weighted by atomic mass is 35.5. The second-order valence-corrected chi connectivity index (χ2v) is 7.02. The lowest BCUT2D eigenvalue weighted by Crippen LogP contribution is -2.37. The molecule has 5 nitrogen and oxygen atoms in total. The molecule has 0 bridgehead atoms. The molecule has 0 aliphatic carbocycles. The maximum Gasteiger partial charge on any atom is 0.238 e. The lowest BCUT2D eigenvalue weighted by atomic mass is 9.99. The predicted molar refractivity (Wildman–Crippen MR) is 104 cm³/mol. The Balaban J connectivity index is 1.66. The van der Waals surface area contributed by atoms with Crippen LogP contribution in [0.25, 0.3) is 0 Å². The topological polar surface area (TPSA) is 50.8 Å². The number of halogens is 2. The van der Waals surface area contributed by atoms with Crippen molar-refractivity contribution in [2.75, 3.05) is 32.6 Å². The first-order valence-electron chi connectivity index (χ1n) is 8.20. The lowest BCUT2D eigenvalue weighted by Gasteiger charge is -2.29. The smallest absolute Gasteiger partial charge is 0.238 e. The van der Waals surface area contributed by atoms with Gasteiger partial charge in [-0.05, 0) is 47.9 Å². The molecule has 2 aromatic carbocycles. The Morgan fingerprint density at radius 3 is 2.27 bits per heavy atom. The van der Waals surface area contributed by atoms with Crippen LogP contribution in [0.1, 0.15) is 11.1 Å². The molecule has 1 amide bonds. The number of rotatable bonds is 5. The Kier molecular flexibility index (Phi) is 5.91. The number of carbonyl (C=O) groups is 1. The second-order valence-electron chi connectivity index (χ2n) is 6.14. The van der Waals surface area contributed by atoms with E-state index in [4.69, 9.17) is 32.7 Å². The summed E-state index contributed by atoms with van der Waals surface area (Å²) in [7, 11) is 3.25. The number of fused-ring (bicyclic) bond motifs is 1. The highest BCUT2D eigenvalue weighted by Crippen LogP contribution is 2.33. The van der Waals surface area contributed by atoms with Gasteiger partial charge in [0.1, 0.15) is 0 Å². The Morgan fingerprint density at radius 2 is 1.65 bits per heavy atom. The minimum absolute atomic E-state index is 0.104. The van der Waals surface area contributed by atoms with Gasteiger partial charge in [-0.1, -0.05) is 23.2 Å². The molecule has 3 rings (SSSR count). The molecule has 0 radical (unpaired) electrons. The Bertz CT molecular complexity index is 806. The van der Waals surface area contributed by atoms with Crippen LogP contribution in [0.4, 0.5) is 5.69 Å². The zero-order valence-electron chi connectivity index (χ0n) is 14.6. The Labute approximate surface area is 162 Å². The predicted octanol–water partition coefficient (Wildman–Crippen LogP) is 4.01. The fraction of sp³-hybridized carbons (Fsp3) is 0.316. The highest BCUT2D eigenvalue weighted by Gasteiger charge is 2.21. The van der Waals surface area contributed by atoms with Crippen molar-refractivity contribution in [3.05, 3.63) is 51.5 Å². The molecule has 26 heavy (non-hydrogen) atoms. The van der Waals surface area contributed by atoms with Gasteiger partial charge in [0.15, 0.2) is 11.5 Å². The average molecular weight is 395 g/mol. The van der Waals surface area contributed by atoms with Gasteiger partial charge in [0, 0.05) is 28.8 Å². The summed E-state index contributed by atoms with van der Waals surface area (Å²) in [5, 5.41) is 3.82. The summed E-state index contributed by atoms with van der Waals surface area (Å²) in [4.78, 5) is 14.4. The van der Waals surface area contributed by atoms with E-state index in [-0.39, 0.29) is 12.5 Å². The summed E-state index contributed by atoms with van der Waals surface area (Å²) >= 11 is 11.9. The van der Waals surface area contributed by atoms with E-state index in [2.05, 4.69) is 10.2 Å². The molecule has 0 aromatic heterocycles. The quantitative estimate of drug-likeness (QED) is 0.832. The molecule has 0 saturated carbocycles. The third-order valence-electron chi connectivity index (χ3n) is 4.31. The van der Waals surface area contributed by atoms with Crippen LogP contribution in [0.3, 0.4) is 0 Å². The van der Waals surface area contributed by atoms with Crippen molar-refractivity contribution in [2.45, 2.75) is 13.0 Å². The van der Waals surface area contributed by atoms with Crippen molar-refractivity contribution in [1.82, 2.24) is 4.90 Å². The van der Waals surface area contributed by atoms with Gasteiger partial charge in [0.2, 0.25) is 5.91 Å². The normalized spacial score (nSPS) is 13.8. The van der Waals surface area contributed by atoms with Crippen molar-refractivity contribution in [3.63, 3.8) is 0 Å². The van der Waals surface area contributed by atoms with Crippen LogP contribution in [-0.4, -0.2) is 38.1 Å². The van der Waals surface area contributed by atoms with E-state index in [1.54, 1.807) is 32.4 Å². The Morgan fingerprint density at radius 1 is 1.04 bits per heavy atom. The van der Waals surface area contributed by atoms with E-state index in [0.29, 0.717) is 28.0 Å². The van der Waals surface area contributed by atoms with E-state index in [0.717, 1.165) is 24.3 Å². The fourth-order valence-electron chi connectivity index (χ4n) is 3.11. The number of anilines is 1. The average Bonchev–Trinajstić information content (AvgIpc) is 2.59. The molecule has 138 valence electrons. The molecule has 7 heteroatoms. The van der Waals surface area contributed by atoms with E-state index in [1.807, 2.05) is 12.1 Å². The van der Waals surface area contributed by atoms with E-state index in [1.165, 1.54) is 5.56 Å². The molecule has 2 aromatic rings. The van der Waals surface area contributed by atoms with Crippen LogP contribution in [0.15, 0.2) is 30.3 Å². The number of hydrogen-bond acceptors (Lipinski definition) is 4. The van der Waals surface area contributed by atoms with Crippen molar-refractivity contribution in [3.8, 4) is 11.5 Å². The monoisotopic (exact) mass is 394 g/mol. The number of benzene rings is 2. The summed E-state index contributed by atoms with van der Waals surface area (Å²) in [6.45, 7) is 1.77. The molecule has 0 atom stereocenters. The van der Waals surface area contributed by atoms with Crippen LogP contribution in [0, 0.1) is 0 Å². The fourth-order valence-corrected chi connectivity index (χ4v) is 3.63. The lowest BCUT2D eigenvalue weighted by molar-refractivity contribution is -0.117. The number of nitrogens with zero attached hydrogens (tertiary/aromatic N) is 1. The van der Waals surface area contributed by atoms with Crippen molar-refractivity contribution in [2.24, 2.45) is 0 Å². The number of carbonyl (C=O) groups excluding carboxylic acids is 1. The van der Waals surface area contributed by atoms with Gasteiger partial charge in [-0.15, -0.1) is 0 Å². The molecule has 0 unspecified atom stereocenters. The minimum Gasteiger partial charge on any atom is -0.493 e. The first kappa shape index (κ1) is 18.8. The molecule has 0 spiro atoms. The van der Waals surface area contributed by atoms with Crippen LogP contribution < -0.4 is 14.8 Å². The first-order valence-corrected chi connectivity index (χ1v) is 8.96. The van der Waals surface area contributed by atoms with Gasteiger partial charge in [-0.25, -0.2) is 0 Å². The molecule has 1 aliphatic rings. The summed E-state index contributed by atoms with van der Waals surface area (Å²) in [5.41, 5.74) is 2.96. The zero-order valence-corrected chi connectivity index (χ0v) is 16.2. The SMILES string of the molecule is COc1cc2c(cc1OC)CN(CC(=O)Nc1cc(Cl)cc(Cl)c1)CC2. The number of methoxy groups -OCH3 is 2. The largest absolute Gasteiger partial charge is 0.493 e. The molecular formula is C19H20Cl2N2O3. The van der Waals surface area contributed by atoms with Gasteiger partial charge < -0.3 is 14.8 Å². The van der Waals surface area contributed by atoms with Crippen molar-refractivity contribution < 1.29 is 14.3 Å². The summed E-state index contributed by atoms with van der Waals surface area (Å²) < 4.78 is 10.7. The van der Waals surface area contributed by atoms with Crippen molar-refractivity contribution in [1.29, 1.82) is 0 Å². The summed E-state index contributed by atoms with van der Waals surface area (Å²) in [6.07, 6.45) is 0.853. The number of nitrogens with one attached hydrogen (secondary N) is 1. The second kappa shape index (κ2) is 8.16. The number of ether oxygens (including phenoxy) is 2. The third kappa shape index (κ3) is 4.41. The van der Waals surface area contributed by atoms with Gasteiger partial charge in [-0.3, -0.25) is 9.69 Å². The molecular weight excluding hydrogens is 375 g/mol. The Hall–Kier alpha value is -1.95. The van der Waals surface area contributed by atoms with Gasteiger partial charge in [-0.2, -0.15) is 0 Å². The molecule has 1 aliphatic heterocycles. The standard InChI is InChI=1S/C19H20Cl2N2O3/c1-25-17-5-12-3-4-23(10-13(12)6-18(17)26-2)11-19(24)22-16-8-14(20)7-15(21)9-16/h5-9H,3-4,10-11H2,1-2H3,(H,22,24). The van der Waals surface area contributed by atoms with Gasteiger partial charge in [0.25, 0.3) is 0 Å².